The summed E-state index contributed by atoms with van der Waals surface area (Å²) in [5, 5.41) is 10.0. The second-order valence-electron chi connectivity index (χ2n) is 4.58. The van der Waals surface area contributed by atoms with Gasteiger partial charge in [0.05, 0.1) is 6.42 Å². The van der Waals surface area contributed by atoms with E-state index in [1.165, 1.54) is 0 Å². The third kappa shape index (κ3) is 2.03. The van der Waals surface area contributed by atoms with Gasteiger partial charge in [0.2, 0.25) is 0 Å². The fourth-order valence-corrected chi connectivity index (χ4v) is 2.18. The lowest BCUT2D eigenvalue weighted by Crippen LogP contribution is -2.34. The Labute approximate surface area is 99.4 Å². The van der Waals surface area contributed by atoms with Gasteiger partial charge in [0.15, 0.2) is 0 Å². The quantitative estimate of drug-likeness (QED) is 0.752. The lowest BCUT2D eigenvalue weighted by molar-refractivity contribution is -0.138. The Morgan fingerprint density at radius 2 is 2.18 bits per heavy atom. The number of aliphatic carboxylic acids is 1. The van der Waals surface area contributed by atoms with Gasteiger partial charge in [-0.05, 0) is 11.6 Å². The molecular formula is C13H16N2O2. The number of aromatic amines is 1. The lowest BCUT2D eigenvalue weighted by atomic mass is 9.79. The number of H-pyrrole nitrogens is 1. The van der Waals surface area contributed by atoms with Crippen molar-refractivity contribution in [2.24, 2.45) is 5.73 Å². The van der Waals surface area contributed by atoms with Gasteiger partial charge in [-0.15, -0.1) is 0 Å². The van der Waals surface area contributed by atoms with Gasteiger partial charge in [0, 0.05) is 29.1 Å². The molecule has 0 amide bonds. The van der Waals surface area contributed by atoms with E-state index in [0.717, 1.165) is 16.5 Å². The van der Waals surface area contributed by atoms with Gasteiger partial charge in [-0.3, -0.25) is 4.79 Å². The summed E-state index contributed by atoms with van der Waals surface area (Å²) in [4.78, 5) is 14.1. The van der Waals surface area contributed by atoms with Gasteiger partial charge in [-0.2, -0.15) is 0 Å². The maximum Gasteiger partial charge on any atom is 0.304 e. The molecule has 90 valence electrons. The number of nitrogens with one attached hydrogen (secondary N) is 1. The molecule has 1 aromatic heterocycles. The Kier molecular flexibility index (Phi) is 2.90. The molecule has 1 aromatic carbocycles. The van der Waals surface area contributed by atoms with Crippen molar-refractivity contribution >= 4 is 16.9 Å². The Balaban J connectivity index is 2.53. The summed E-state index contributed by atoms with van der Waals surface area (Å²) >= 11 is 0. The number of aromatic nitrogens is 1. The van der Waals surface area contributed by atoms with E-state index >= 15 is 0 Å². The molecule has 2 aromatic rings. The number of nitrogens with two attached hydrogens (primary N) is 1. The Bertz CT molecular complexity index is 547. The number of carboxylic acids is 1. The predicted octanol–water partition coefficient (Wildman–Crippen LogP) is 1.86. The summed E-state index contributed by atoms with van der Waals surface area (Å²) in [5.41, 5.74) is 7.20. The highest BCUT2D eigenvalue weighted by Crippen LogP contribution is 2.32. The summed E-state index contributed by atoms with van der Waals surface area (Å²) in [6.07, 6.45) is 1.89. The van der Waals surface area contributed by atoms with E-state index in [1.54, 1.807) is 0 Å². The summed E-state index contributed by atoms with van der Waals surface area (Å²) in [6.45, 7) is 2.19. The van der Waals surface area contributed by atoms with Gasteiger partial charge < -0.3 is 15.8 Å². The number of para-hydroxylation sites is 1. The molecule has 0 saturated heterocycles. The topological polar surface area (TPSA) is 79.1 Å². The molecule has 0 aliphatic rings. The highest BCUT2D eigenvalue weighted by Gasteiger charge is 2.30. The molecule has 0 spiro atoms. The SMILES string of the molecule is CC(CN)(CC(=O)O)c1c[nH]c2ccccc12. The zero-order valence-electron chi connectivity index (χ0n) is 9.73. The molecule has 0 radical (unpaired) electrons. The molecule has 0 bridgehead atoms. The van der Waals surface area contributed by atoms with Gasteiger partial charge in [0.1, 0.15) is 0 Å². The molecule has 4 nitrogen and oxygen atoms in total. The molecule has 0 aliphatic carbocycles. The van der Waals surface area contributed by atoms with Crippen LogP contribution in [0.15, 0.2) is 30.5 Å². The first kappa shape index (κ1) is 11.7. The number of hydrogen-bond donors (Lipinski definition) is 3. The summed E-state index contributed by atoms with van der Waals surface area (Å²) in [6, 6.07) is 7.84. The molecule has 1 heterocycles. The number of hydrogen-bond acceptors (Lipinski definition) is 2. The van der Waals surface area contributed by atoms with E-state index in [4.69, 9.17) is 10.8 Å². The lowest BCUT2D eigenvalue weighted by Gasteiger charge is -2.25. The second-order valence-corrected chi connectivity index (χ2v) is 4.58. The van der Waals surface area contributed by atoms with E-state index in [-0.39, 0.29) is 6.42 Å². The van der Waals surface area contributed by atoms with E-state index < -0.39 is 11.4 Å². The van der Waals surface area contributed by atoms with Crippen molar-refractivity contribution in [1.29, 1.82) is 0 Å². The number of fused-ring (bicyclic) bond motifs is 1. The van der Waals surface area contributed by atoms with Crippen molar-refractivity contribution in [2.75, 3.05) is 6.54 Å². The molecule has 0 fully saturated rings. The van der Waals surface area contributed by atoms with Crippen molar-refractivity contribution in [1.82, 2.24) is 4.98 Å². The third-order valence-corrected chi connectivity index (χ3v) is 3.23. The smallest absolute Gasteiger partial charge is 0.304 e. The number of carboxylic acid groups (broad SMARTS) is 1. The van der Waals surface area contributed by atoms with Gasteiger partial charge in [-0.1, -0.05) is 25.1 Å². The van der Waals surface area contributed by atoms with Crippen LogP contribution in [0.2, 0.25) is 0 Å². The molecule has 4 heteroatoms. The second kappa shape index (κ2) is 4.22. The predicted molar refractivity (Wildman–Crippen MR) is 67.0 cm³/mol. The van der Waals surface area contributed by atoms with Crippen molar-refractivity contribution in [3.63, 3.8) is 0 Å². The van der Waals surface area contributed by atoms with Gasteiger partial charge >= 0.3 is 5.97 Å². The molecule has 4 N–H and O–H groups in total. The van der Waals surface area contributed by atoms with Crippen molar-refractivity contribution in [3.05, 3.63) is 36.0 Å². The average molecular weight is 232 g/mol. The Hall–Kier alpha value is -1.81. The number of carbonyl (C=O) groups is 1. The maximum atomic E-state index is 10.9. The normalized spacial score (nSPS) is 14.7. The van der Waals surface area contributed by atoms with Crippen LogP contribution in [0.3, 0.4) is 0 Å². The van der Waals surface area contributed by atoms with Crippen LogP contribution in [0, 0.1) is 0 Å². The first-order valence-corrected chi connectivity index (χ1v) is 5.55. The Morgan fingerprint density at radius 1 is 1.47 bits per heavy atom. The van der Waals surface area contributed by atoms with E-state index in [1.807, 2.05) is 37.4 Å². The molecule has 1 unspecified atom stereocenters. The van der Waals surface area contributed by atoms with Crippen LogP contribution in [0.1, 0.15) is 18.9 Å². The first-order valence-electron chi connectivity index (χ1n) is 5.55. The third-order valence-electron chi connectivity index (χ3n) is 3.23. The van der Waals surface area contributed by atoms with Crippen molar-refractivity contribution in [2.45, 2.75) is 18.8 Å². The molecule has 1 atom stereocenters. The van der Waals surface area contributed by atoms with Crippen LogP contribution in [0.25, 0.3) is 10.9 Å². The van der Waals surface area contributed by atoms with Crippen LogP contribution in [0.5, 0.6) is 0 Å². The first-order chi connectivity index (χ1) is 8.07. The van der Waals surface area contributed by atoms with Crippen LogP contribution in [-0.2, 0) is 10.2 Å². The fourth-order valence-electron chi connectivity index (χ4n) is 2.18. The largest absolute Gasteiger partial charge is 0.481 e. The van der Waals surface area contributed by atoms with Crippen LogP contribution >= 0.6 is 0 Å². The van der Waals surface area contributed by atoms with Gasteiger partial charge in [-0.25, -0.2) is 0 Å². The standard InChI is InChI=1S/C13H16N2O2/c1-13(8-14,6-12(16)17)10-7-15-11-5-3-2-4-9(10)11/h2-5,7,15H,6,8,14H2,1H3,(H,16,17). The minimum Gasteiger partial charge on any atom is -0.481 e. The molecule has 17 heavy (non-hydrogen) atoms. The van der Waals surface area contributed by atoms with Crippen LogP contribution in [0.4, 0.5) is 0 Å². The van der Waals surface area contributed by atoms with Gasteiger partial charge in [0.25, 0.3) is 0 Å². The Morgan fingerprint density at radius 3 is 2.82 bits per heavy atom. The molecular weight excluding hydrogens is 216 g/mol. The molecule has 2 rings (SSSR count). The zero-order valence-corrected chi connectivity index (χ0v) is 9.73. The minimum absolute atomic E-state index is 0.0331. The summed E-state index contributed by atoms with van der Waals surface area (Å²) in [7, 11) is 0. The highest BCUT2D eigenvalue weighted by atomic mass is 16.4. The molecule has 0 saturated carbocycles. The van der Waals surface area contributed by atoms with Crippen LogP contribution in [-0.4, -0.2) is 22.6 Å². The summed E-state index contributed by atoms with van der Waals surface area (Å²) in [5.74, 6) is -0.830. The number of benzene rings is 1. The fraction of sp³-hybridized carbons (Fsp3) is 0.308. The van der Waals surface area contributed by atoms with Crippen molar-refractivity contribution < 1.29 is 9.90 Å². The zero-order chi connectivity index (χ0) is 12.5. The highest BCUT2D eigenvalue weighted by molar-refractivity contribution is 5.85. The monoisotopic (exact) mass is 232 g/mol. The minimum atomic E-state index is -0.830. The van der Waals surface area contributed by atoms with E-state index in [0.29, 0.717) is 6.54 Å². The van der Waals surface area contributed by atoms with Crippen molar-refractivity contribution in [3.8, 4) is 0 Å². The summed E-state index contributed by atoms with van der Waals surface area (Å²) < 4.78 is 0. The van der Waals surface area contributed by atoms with E-state index in [9.17, 15) is 4.79 Å². The van der Waals surface area contributed by atoms with E-state index in [2.05, 4.69) is 4.98 Å². The maximum absolute atomic E-state index is 10.9. The molecule has 0 aliphatic heterocycles. The average Bonchev–Trinajstić information content (AvgIpc) is 2.72. The van der Waals surface area contributed by atoms with Crippen LogP contribution < -0.4 is 5.73 Å². The number of rotatable bonds is 4.